The van der Waals surface area contributed by atoms with Crippen LogP contribution in [-0.4, -0.2) is 44.2 Å². The van der Waals surface area contributed by atoms with Crippen molar-refractivity contribution in [2.75, 3.05) is 38.7 Å². The first-order valence-electron chi connectivity index (χ1n) is 8.23. The van der Waals surface area contributed by atoms with Crippen molar-refractivity contribution in [3.8, 4) is 0 Å². The number of benzene rings is 1. The zero-order chi connectivity index (χ0) is 15.9. The van der Waals surface area contributed by atoms with Crippen molar-refractivity contribution in [3.63, 3.8) is 0 Å². The van der Waals surface area contributed by atoms with Crippen LogP contribution in [0, 0.1) is 12.8 Å². The molecular weight excluding hydrogens is 276 g/mol. The first-order valence-corrected chi connectivity index (χ1v) is 8.23. The van der Waals surface area contributed by atoms with E-state index in [1.54, 1.807) is 7.11 Å². The van der Waals surface area contributed by atoms with Gasteiger partial charge in [0, 0.05) is 32.3 Å². The molecule has 0 bridgehead atoms. The van der Waals surface area contributed by atoms with Crippen LogP contribution >= 0.6 is 0 Å². The summed E-state index contributed by atoms with van der Waals surface area (Å²) in [4.78, 5) is 14.6. The van der Waals surface area contributed by atoms with Gasteiger partial charge in [-0.15, -0.1) is 0 Å². The number of likely N-dealkylation sites (tertiary alicyclic amines) is 1. The van der Waals surface area contributed by atoms with E-state index >= 15 is 0 Å². The Morgan fingerprint density at radius 1 is 1.45 bits per heavy atom. The van der Waals surface area contributed by atoms with Crippen molar-refractivity contribution in [2.45, 2.75) is 33.1 Å². The standard InChI is InChI=1S/C18H28N2O2/c1-4-16-7-5-6-14(2)18(16)19-17(21)9-11-20-10-8-15(12-20)13-22-3/h5-7,15H,4,8-13H2,1-3H3,(H,19,21). The number of amides is 1. The van der Waals surface area contributed by atoms with E-state index in [1.165, 1.54) is 12.0 Å². The van der Waals surface area contributed by atoms with Gasteiger partial charge in [0.05, 0.1) is 6.61 Å². The lowest BCUT2D eigenvalue weighted by Gasteiger charge is -2.17. The molecule has 1 aliphatic heterocycles. The minimum absolute atomic E-state index is 0.110. The van der Waals surface area contributed by atoms with E-state index in [9.17, 15) is 4.79 Å². The van der Waals surface area contributed by atoms with Gasteiger partial charge in [0.1, 0.15) is 0 Å². The Hall–Kier alpha value is -1.39. The fourth-order valence-electron chi connectivity index (χ4n) is 3.15. The van der Waals surface area contributed by atoms with E-state index in [0.29, 0.717) is 12.3 Å². The highest BCUT2D eigenvalue weighted by molar-refractivity contribution is 5.92. The summed E-state index contributed by atoms with van der Waals surface area (Å²) in [5, 5.41) is 3.10. The number of carbonyl (C=O) groups excluding carboxylic acids is 1. The van der Waals surface area contributed by atoms with Gasteiger partial charge in [-0.1, -0.05) is 25.1 Å². The maximum atomic E-state index is 12.2. The number of rotatable bonds is 7. The van der Waals surface area contributed by atoms with Crippen LogP contribution in [0.15, 0.2) is 18.2 Å². The Morgan fingerprint density at radius 3 is 3.00 bits per heavy atom. The van der Waals surface area contributed by atoms with Crippen molar-refractivity contribution in [2.24, 2.45) is 5.92 Å². The fraction of sp³-hybridized carbons (Fsp3) is 0.611. The molecule has 1 fully saturated rings. The van der Waals surface area contributed by atoms with E-state index in [-0.39, 0.29) is 5.91 Å². The Balaban J connectivity index is 1.82. The minimum Gasteiger partial charge on any atom is -0.384 e. The summed E-state index contributed by atoms with van der Waals surface area (Å²) in [7, 11) is 1.75. The topological polar surface area (TPSA) is 41.6 Å². The molecule has 1 heterocycles. The molecule has 22 heavy (non-hydrogen) atoms. The zero-order valence-corrected chi connectivity index (χ0v) is 14.0. The van der Waals surface area contributed by atoms with Crippen LogP contribution in [0.25, 0.3) is 0 Å². The highest BCUT2D eigenvalue weighted by Crippen LogP contribution is 2.21. The Labute approximate surface area is 133 Å². The molecule has 1 atom stereocenters. The first kappa shape index (κ1) is 17.0. The molecule has 1 unspecified atom stereocenters. The molecule has 1 aromatic carbocycles. The molecule has 4 nitrogen and oxygen atoms in total. The normalized spacial score (nSPS) is 18.6. The largest absolute Gasteiger partial charge is 0.384 e. The molecule has 0 aliphatic carbocycles. The van der Waals surface area contributed by atoms with E-state index in [4.69, 9.17) is 4.74 Å². The van der Waals surface area contributed by atoms with Gasteiger partial charge in [0.15, 0.2) is 0 Å². The van der Waals surface area contributed by atoms with Crippen LogP contribution in [0.4, 0.5) is 5.69 Å². The predicted octanol–water partition coefficient (Wildman–Crippen LogP) is 2.85. The number of aryl methyl sites for hydroxylation is 2. The third-order valence-corrected chi connectivity index (χ3v) is 4.43. The van der Waals surface area contributed by atoms with Crippen molar-refractivity contribution >= 4 is 11.6 Å². The van der Waals surface area contributed by atoms with E-state index in [1.807, 2.05) is 19.1 Å². The van der Waals surface area contributed by atoms with Gasteiger partial charge in [0.2, 0.25) is 5.91 Å². The number of nitrogens with zero attached hydrogens (tertiary/aromatic N) is 1. The molecule has 122 valence electrons. The molecule has 2 rings (SSSR count). The second-order valence-corrected chi connectivity index (χ2v) is 6.17. The molecule has 4 heteroatoms. The third-order valence-electron chi connectivity index (χ3n) is 4.43. The molecule has 1 aromatic rings. The van der Waals surface area contributed by atoms with E-state index < -0.39 is 0 Å². The molecular formula is C18H28N2O2. The highest BCUT2D eigenvalue weighted by Gasteiger charge is 2.22. The SMILES string of the molecule is CCc1cccc(C)c1NC(=O)CCN1CCC(COC)C1. The van der Waals surface area contributed by atoms with Crippen molar-refractivity contribution in [1.82, 2.24) is 4.90 Å². The molecule has 1 N–H and O–H groups in total. The van der Waals surface area contributed by atoms with Crippen LogP contribution in [0.5, 0.6) is 0 Å². The summed E-state index contributed by atoms with van der Waals surface area (Å²) < 4.78 is 5.21. The van der Waals surface area contributed by atoms with Crippen molar-refractivity contribution < 1.29 is 9.53 Å². The maximum absolute atomic E-state index is 12.2. The number of hydrogen-bond donors (Lipinski definition) is 1. The number of anilines is 1. The second kappa shape index (κ2) is 8.30. The molecule has 0 saturated carbocycles. The summed E-state index contributed by atoms with van der Waals surface area (Å²) in [5.74, 6) is 0.732. The van der Waals surface area contributed by atoms with Crippen molar-refractivity contribution in [3.05, 3.63) is 29.3 Å². The van der Waals surface area contributed by atoms with Crippen LogP contribution < -0.4 is 5.32 Å². The van der Waals surface area contributed by atoms with Crippen LogP contribution in [0.3, 0.4) is 0 Å². The Kier molecular flexibility index (Phi) is 6.40. The predicted molar refractivity (Wildman–Crippen MR) is 90.2 cm³/mol. The number of carbonyl (C=O) groups is 1. The van der Waals surface area contributed by atoms with E-state index in [0.717, 1.165) is 43.9 Å². The van der Waals surface area contributed by atoms with Gasteiger partial charge in [-0.2, -0.15) is 0 Å². The minimum atomic E-state index is 0.110. The van der Waals surface area contributed by atoms with Gasteiger partial charge < -0.3 is 15.0 Å². The van der Waals surface area contributed by atoms with Gasteiger partial charge in [-0.3, -0.25) is 4.79 Å². The van der Waals surface area contributed by atoms with Crippen LogP contribution in [0.1, 0.15) is 30.9 Å². The highest BCUT2D eigenvalue weighted by atomic mass is 16.5. The smallest absolute Gasteiger partial charge is 0.225 e. The van der Waals surface area contributed by atoms with Crippen molar-refractivity contribution in [1.29, 1.82) is 0 Å². The maximum Gasteiger partial charge on any atom is 0.225 e. The average Bonchev–Trinajstić information content (AvgIpc) is 2.95. The van der Waals surface area contributed by atoms with Crippen LogP contribution in [0.2, 0.25) is 0 Å². The summed E-state index contributed by atoms with van der Waals surface area (Å²) in [6.07, 6.45) is 2.66. The molecule has 1 saturated heterocycles. The van der Waals surface area contributed by atoms with E-state index in [2.05, 4.69) is 23.2 Å². The van der Waals surface area contributed by atoms with Gasteiger partial charge in [-0.05, 0) is 43.4 Å². The lowest BCUT2D eigenvalue weighted by atomic mass is 10.1. The summed E-state index contributed by atoms with van der Waals surface area (Å²) in [6, 6.07) is 6.17. The Bertz CT molecular complexity index is 502. The summed E-state index contributed by atoms with van der Waals surface area (Å²) >= 11 is 0. The number of hydrogen-bond acceptors (Lipinski definition) is 3. The van der Waals surface area contributed by atoms with Gasteiger partial charge in [-0.25, -0.2) is 0 Å². The summed E-state index contributed by atoms with van der Waals surface area (Å²) in [6.45, 7) is 7.94. The van der Waals surface area contributed by atoms with Crippen LogP contribution in [-0.2, 0) is 16.0 Å². The monoisotopic (exact) mass is 304 g/mol. The zero-order valence-electron chi connectivity index (χ0n) is 14.0. The first-order chi connectivity index (χ1) is 10.6. The lowest BCUT2D eigenvalue weighted by Crippen LogP contribution is -2.26. The molecule has 0 spiro atoms. The molecule has 0 aromatic heterocycles. The molecule has 1 aliphatic rings. The van der Waals surface area contributed by atoms with Gasteiger partial charge in [0.25, 0.3) is 0 Å². The number of ether oxygens (including phenoxy) is 1. The molecule has 1 amide bonds. The number of para-hydroxylation sites is 1. The lowest BCUT2D eigenvalue weighted by molar-refractivity contribution is -0.116. The second-order valence-electron chi connectivity index (χ2n) is 6.17. The number of nitrogens with one attached hydrogen (secondary N) is 1. The molecule has 0 radical (unpaired) electrons. The number of methoxy groups -OCH3 is 1. The Morgan fingerprint density at radius 2 is 2.27 bits per heavy atom. The van der Waals surface area contributed by atoms with Gasteiger partial charge >= 0.3 is 0 Å². The summed E-state index contributed by atoms with van der Waals surface area (Å²) in [5.41, 5.74) is 3.33. The third kappa shape index (κ3) is 4.55. The quantitative estimate of drug-likeness (QED) is 0.842. The fourth-order valence-corrected chi connectivity index (χ4v) is 3.15. The average molecular weight is 304 g/mol.